The Morgan fingerprint density at radius 3 is 2.77 bits per heavy atom. The zero-order chi connectivity index (χ0) is 15.9. The van der Waals surface area contributed by atoms with Gasteiger partial charge in [0.25, 0.3) is 0 Å². The van der Waals surface area contributed by atoms with Gasteiger partial charge in [-0.1, -0.05) is 22.8 Å². The van der Waals surface area contributed by atoms with E-state index in [2.05, 4.69) is 10.1 Å². The highest BCUT2D eigenvalue weighted by molar-refractivity contribution is 7.89. The van der Waals surface area contributed by atoms with Crippen LogP contribution in [0.3, 0.4) is 0 Å². The summed E-state index contributed by atoms with van der Waals surface area (Å²) in [5.41, 5.74) is 0.848. The van der Waals surface area contributed by atoms with Crippen molar-refractivity contribution in [2.24, 2.45) is 0 Å². The number of benzene rings is 1. The molecule has 2 aromatic rings. The minimum Gasteiger partial charge on any atom is -0.339 e. The first-order valence-corrected chi connectivity index (χ1v) is 8.76. The van der Waals surface area contributed by atoms with Gasteiger partial charge in [0.1, 0.15) is 0 Å². The van der Waals surface area contributed by atoms with E-state index in [1.54, 1.807) is 19.1 Å². The summed E-state index contributed by atoms with van der Waals surface area (Å²) in [6.45, 7) is 4.35. The van der Waals surface area contributed by atoms with E-state index in [-0.39, 0.29) is 10.8 Å². The highest BCUT2D eigenvalue weighted by Gasteiger charge is 2.35. The van der Waals surface area contributed by atoms with Crippen LogP contribution in [0, 0.1) is 13.8 Å². The van der Waals surface area contributed by atoms with E-state index in [4.69, 9.17) is 16.1 Å². The van der Waals surface area contributed by atoms with Crippen LogP contribution in [0.5, 0.6) is 0 Å². The molecule has 0 amide bonds. The fourth-order valence-electron chi connectivity index (χ4n) is 2.51. The molecule has 1 aliphatic rings. The number of hydrogen-bond acceptors (Lipinski definition) is 5. The van der Waals surface area contributed by atoms with Crippen LogP contribution in [0.25, 0.3) is 0 Å². The van der Waals surface area contributed by atoms with Gasteiger partial charge in [0.05, 0.1) is 10.8 Å². The summed E-state index contributed by atoms with van der Waals surface area (Å²) in [5.74, 6) is 0.996. The fourth-order valence-corrected chi connectivity index (χ4v) is 4.28. The summed E-state index contributed by atoms with van der Waals surface area (Å²) in [4.78, 5) is 4.40. The van der Waals surface area contributed by atoms with Gasteiger partial charge in [-0.25, -0.2) is 8.42 Å². The van der Waals surface area contributed by atoms with E-state index in [0.717, 1.165) is 5.56 Å². The highest BCUT2D eigenvalue weighted by Crippen LogP contribution is 2.31. The van der Waals surface area contributed by atoms with Crippen molar-refractivity contribution in [3.8, 4) is 0 Å². The summed E-state index contributed by atoms with van der Waals surface area (Å²) in [7, 11) is -3.55. The molecule has 0 aliphatic carbocycles. The molecule has 6 nitrogen and oxygen atoms in total. The summed E-state index contributed by atoms with van der Waals surface area (Å²) in [6, 6.07) is 4.79. The van der Waals surface area contributed by atoms with Gasteiger partial charge in [0.2, 0.25) is 15.9 Å². The molecular formula is C14H16ClN3O3S. The van der Waals surface area contributed by atoms with Crippen molar-refractivity contribution in [1.29, 1.82) is 0 Å². The average molecular weight is 342 g/mol. The molecule has 3 rings (SSSR count). The first-order chi connectivity index (χ1) is 10.4. The lowest BCUT2D eigenvalue weighted by molar-refractivity contribution is 0.351. The molecular weight excluding hydrogens is 326 g/mol. The topological polar surface area (TPSA) is 76.3 Å². The second kappa shape index (κ2) is 5.64. The van der Waals surface area contributed by atoms with Gasteiger partial charge in [0.15, 0.2) is 5.82 Å². The van der Waals surface area contributed by atoms with Crippen LogP contribution in [0.4, 0.5) is 0 Å². The monoisotopic (exact) mass is 341 g/mol. The van der Waals surface area contributed by atoms with Crippen molar-refractivity contribution in [2.45, 2.75) is 31.1 Å². The summed E-state index contributed by atoms with van der Waals surface area (Å²) >= 11 is 6.04. The van der Waals surface area contributed by atoms with Crippen molar-refractivity contribution in [3.05, 3.63) is 40.5 Å². The number of rotatable bonds is 3. The molecule has 1 aliphatic heterocycles. The number of aromatic nitrogens is 2. The van der Waals surface area contributed by atoms with Crippen LogP contribution in [-0.4, -0.2) is 36.0 Å². The van der Waals surface area contributed by atoms with Crippen LogP contribution >= 0.6 is 11.6 Å². The molecule has 0 spiro atoms. The number of halogens is 1. The number of sulfonamides is 1. The minimum atomic E-state index is -3.55. The lowest BCUT2D eigenvalue weighted by Gasteiger charge is -2.16. The summed E-state index contributed by atoms with van der Waals surface area (Å²) in [6.07, 6.45) is 0.667. The van der Waals surface area contributed by atoms with Crippen LogP contribution in [0.15, 0.2) is 27.6 Å². The Labute approximate surface area is 134 Å². The Bertz CT molecular complexity index is 803. The van der Waals surface area contributed by atoms with Gasteiger partial charge in [-0.2, -0.15) is 9.29 Å². The molecule has 0 N–H and O–H groups in total. The normalized spacial score (nSPS) is 19.7. The van der Waals surface area contributed by atoms with Gasteiger partial charge < -0.3 is 4.52 Å². The lowest BCUT2D eigenvalue weighted by Crippen LogP contribution is -2.28. The minimum absolute atomic E-state index is 0.0584. The third-order valence-corrected chi connectivity index (χ3v) is 6.09. The Hall–Kier alpha value is -1.44. The van der Waals surface area contributed by atoms with Crippen LogP contribution < -0.4 is 0 Å². The first kappa shape index (κ1) is 15.5. The maximum atomic E-state index is 12.7. The Morgan fingerprint density at radius 1 is 1.36 bits per heavy atom. The molecule has 0 bridgehead atoms. The van der Waals surface area contributed by atoms with E-state index >= 15 is 0 Å². The zero-order valence-corrected chi connectivity index (χ0v) is 13.9. The predicted octanol–water partition coefficient (Wildman–Crippen LogP) is 2.52. The average Bonchev–Trinajstić information content (AvgIpc) is 3.10. The van der Waals surface area contributed by atoms with E-state index in [9.17, 15) is 8.42 Å². The van der Waals surface area contributed by atoms with Crippen molar-refractivity contribution < 1.29 is 12.9 Å². The maximum absolute atomic E-state index is 12.7. The SMILES string of the molecule is Cc1noc([C@H]2CCN(S(=O)(=O)c3ccc(C)c(Cl)c3)C2)n1. The second-order valence-corrected chi connectivity index (χ2v) is 7.78. The number of aryl methyl sites for hydroxylation is 2. The van der Waals surface area contributed by atoms with Crippen LogP contribution in [-0.2, 0) is 10.0 Å². The third-order valence-electron chi connectivity index (χ3n) is 3.82. The van der Waals surface area contributed by atoms with Crippen LogP contribution in [0.2, 0.25) is 5.02 Å². The van der Waals surface area contributed by atoms with Crippen molar-refractivity contribution in [2.75, 3.05) is 13.1 Å². The van der Waals surface area contributed by atoms with Gasteiger partial charge in [0, 0.05) is 18.1 Å². The standard InChI is InChI=1S/C14H16ClN3O3S/c1-9-3-4-12(7-13(9)15)22(19,20)18-6-5-11(8-18)14-16-10(2)17-21-14/h3-4,7,11H,5-6,8H2,1-2H3/t11-/m0/s1. The van der Waals surface area contributed by atoms with Gasteiger partial charge >= 0.3 is 0 Å². The van der Waals surface area contributed by atoms with E-state index in [1.165, 1.54) is 10.4 Å². The Morgan fingerprint density at radius 2 is 2.14 bits per heavy atom. The highest BCUT2D eigenvalue weighted by atomic mass is 35.5. The molecule has 1 atom stereocenters. The molecule has 2 heterocycles. The van der Waals surface area contributed by atoms with Gasteiger partial charge in [-0.3, -0.25) is 0 Å². The molecule has 118 valence electrons. The Kier molecular flexibility index (Phi) is 3.96. The van der Waals surface area contributed by atoms with Crippen molar-refractivity contribution in [1.82, 2.24) is 14.4 Å². The molecule has 1 saturated heterocycles. The van der Waals surface area contributed by atoms with E-state index in [1.807, 2.05) is 6.92 Å². The Balaban J connectivity index is 1.83. The molecule has 0 radical (unpaired) electrons. The van der Waals surface area contributed by atoms with Crippen molar-refractivity contribution in [3.63, 3.8) is 0 Å². The molecule has 8 heteroatoms. The predicted molar refractivity (Wildman–Crippen MR) is 81.3 cm³/mol. The molecule has 1 aromatic heterocycles. The largest absolute Gasteiger partial charge is 0.339 e. The lowest BCUT2D eigenvalue weighted by atomic mass is 10.1. The van der Waals surface area contributed by atoms with E-state index < -0.39 is 10.0 Å². The van der Waals surface area contributed by atoms with Gasteiger partial charge in [-0.05, 0) is 38.0 Å². The summed E-state index contributed by atoms with van der Waals surface area (Å²) in [5, 5.41) is 4.20. The fraction of sp³-hybridized carbons (Fsp3) is 0.429. The van der Waals surface area contributed by atoms with Crippen molar-refractivity contribution >= 4 is 21.6 Å². The molecule has 0 unspecified atom stereocenters. The molecule has 1 fully saturated rings. The summed E-state index contributed by atoms with van der Waals surface area (Å²) < 4.78 is 32.0. The maximum Gasteiger partial charge on any atom is 0.243 e. The molecule has 1 aromatic carbocycles. The van der Waals surface area contributed by atoms with Gasteiger partial charge in [-0.15, -0.1) is 0 Å². The van der Waals surface area contributed by atoms with Crippen LogP contribution in [0.1, 0.15) is 29.6 Å². The number of nitrogens with zero attached hydrogens (tertiary/aromatic N) is 3. The molecule has 0 saturated carbocycles. The second-order valence-electron chi connectivity index (χ2n) is 5.44. The zero-order valence-electron chi connectivity index (χ0n) is 12.3. The third kappa shape index (κ3) is 2.76. The number of hydrogen-bond donors (Lipinski definition) is 0. The smallest absolute Gasteiger partial charge is 0.243 e. The molecule has 22 heavy (non-hydrogen) atoms. The first-order valence-electron chi connectivity index (χ1n) is 6.94. The van der Waals surface area contributed by atoms with E-state index in [0.29, 0.717) is 36.2 Å². The quantitative estimate of drug-likeness (QED) is 0.857.